The number of nitrogens with one attached hydrogen (secondary N) is 1. The van der Waals surface area contributed by atoms with Crippen LogP contribution in [0.4, 0.5) is 0 Å². The summed E-state index contributed by atoms with van der Waals surface area (Å²) >= 11 is 3.80. The van der Waals surface area contributed by atoms with E-state index in [-0.39, 0.29) is 5.91 Å². The Morgan fingerprint density at radius 3 is 2.75 bits per heavy atom. The lowest BCUT2D eigenvalue weighted by atomic mass is 10.2. The standard InChI is InChI=1S/C17H23IN4OS/c1-12(2)11-22-15(20-21-17(22)24-3)9-6-10-19-16(23)13-7-4-5-8-14(13)18/h4-5,7-8,12H,6,9-11H2,1-3H3,(H,19,23). The number of rotatable bonds is 8. The molecule has 1 heterocycles. The van der Waals surface area contributed by atoms with Crippen molar-refractivity contribution in [1.29, 1.82) is 0 Å². The van der Waals surface area contributed by atoms with E-state index < -0.39 is 0 Å². The van der Waals surface area contributed by atoms with Crippen LogP contribution in [0.3, 0.4) is 0 Å². The quantitative estimate of drug-likeness (QED) is 0.373. The smallest absolute Gasteiger partial charge is 0.252 e. The molecule has 0 fully saturated rings. The SMILES string of the molecule is CSc1nnc(CCCNC(=O)c2ccccc2I)n1CC(C)C. The molecule has 5 nitrogen and oxygen atoms in total. The normalized spacial score (nSPS) is 11.0. The monoisotopic (exact) mass is 458 g/mol. The summed E-state index contributed by atoms with van der Waals surface area (Å²) in [5.41, 5.74) is 0.728. The highest BCUT2D eigenvalue weighted by Crippen LogP contribution is 2.16. The number of aromatic nitrogens is 3. The molecule has 0 radical (unpaired) electrons. The molecular weight excluding hydrogens is 435 g/mol. The highest BCUT2D eigenvalue weighted by atomic mass is 127. The fourth-order valence-corrected chi connectivity index (χ4v) is 3.55. The molecule has 2 aromatic rings. The lowest BCUT2D eigenvalue weighted by Gasteiger charge is -2.12. The number of thioether (sulfide) groups is 1. The largest absolute Gasteiger partial charge is 0.352 e. The second kappa shape index (κ2) is 9.41. The van der Waals surface area contributed by atoms with E-state index in [0.29, 0.717) is 12.5 Å². The predicted molar refractivity (Wildman–Crippen MR) is 106 cm³/mol. The van der Waals surface area contributed by atoms with Crippen molar-refractivity contribution < 1.29 is 4.79 Å². The second-order valence-corrected chi connectivity index (χ2v) is 7.88. The number of carbonyl (C=O) groups is 1. The van der Waals surface area contributed by atoms with E-state index >= 15 is 0 Å². The molecule has 1 aromatic heterocycles. The van der Waals surface area contributed by atoms with Gasteiger partial charge in [-0.25, -0.2) is 0 Å². The molecule has 0 atom stereocenters. The number of hydrogen-bond acceptors (Lipinski definition) is 4. The van der Waals surface area contributed by atoms with Gasteiger partial charge in [-0.3, -0.25) is 4.79 Å². The first-order chi connectivity index (χ1) is 11.5. The number of halogens is 1. The van der Waals surface area contributed by atoms with Gasteiger partial charge >= 0.3 is 0 Å². The van der Waals surface area contributed by atoms with Crippen LogP contribution < -0.4 is 5.32 Å². The van der Waals surface area contributed by atoms with Gasteiger partial charge in [0, 0.05) is 23.1 Å². The summed E-state index contributed by atoms with van der Waals surface area (Å²) in [6.07, 6.45) is 3.68. The van der Waals surface area contributed by atoms with Crippen LogP contribution in [-0.4, -0.2) is 33.5 Å². The molecular formula is C17H23IN4OS. The second-order valence-electron chi connectivity index (χ2n) is 5.95. The number of amides is 1. The van der Waals surface area contributed by atoms with Crippen molar-refractivity contribution in [3.8, 4) is 0 Å². The van der Waals surface area contributed by atoms with Crippen molar-refractivity contribution in [3.63, 3.8) is 0 Å². The molecule has 0 saturated heterocycles. The van der Waals surface area contributed by atoms with Crippen LogP contribution in [0.25, 0.3) is 0 Å². The molecule has 0 saturated carbocycles. The molecule has 2 rings (SSSR count). The van der Waals surface area contributed by atoms with E-state index in [2.05, 4.69) is 56.5 Å². The van der Waals surface area contributed by atoms with Crippen LogP contribution in [0.1, 0.15) is 36.5 Å². The molecule has 0 aliphatic carbocycles. The summed E-state index contributed by atoms with van der Waals surface area (Å²) < 4.78 is 3.16. The number of nitrogens with zero attached hydrogens (tertiary/aromatic N) is 3. The minimum absolute atomic E-state index is 0.0200. The van der Waals surface area contributed by atoms with Crippen molar-refractivity contribution in [2.45, 2.75) is 38.4 Å². The fourth-order valence-electron chi connectivity index (χ4n) is 2.39. The maximum absolute atomic E-state index is 12.2. The molecule has 1 N–H and O–H groups in total. The van der Waals surface area contributed by atoms with Crippen molar-refractivity contribution >= 4 is 40.3 Å². The van der Waals surface area contributed by atoms with Crippen LogP contribution >= 0.6 is 34.4 Å². The molecule has 0 bridgehead atoms. The minimum atomic E-state index is -0.0200. The molecule has 7 heteroatoms. The van der Waals surface area contributed by atoms with E-state index in [1.165, 1.54) is 0 Å². The maximum Gasteiger partial charge on any atom is 0.252 e. The third-order valence-corrected chi connectivity index (χ3v) is 5.11. The lowest BCUT2D eigenvalue weighted by molar-refractivity contribution is 0.0952. The van der Waals surface area contributed by atoms with E-state index in [4.69, 9.17) is 0 Å². The Hall–Kier alpha value is -1.09. The molecule has 0 spiro atoms. The summed E-state index contributed by atoms with van der Waals surface area (Å²) in [5, 5.41) is 12.5. The van der Waals surface area contributed by atoms with E-state index in [1.807, 2.05) is 30.5 Å². The van der Waals surface area contributed by atoms with Crippen LogP contribution in [0, 0.1) is 9.49 Å². The molecule has 1 amide bonds. The third kappa shape index (κ3) is 5.20. The molecule has 1 aromatic carbocycles. The van der Waals surface area contributed by atoms with Gasteiger partial charge in [0.2, 0.25) is 0 Å². The van der Waals surface area contributed by atoms with Crippen LogP contribution in [0.2, 0.25) is 0 Å². The predicted octanol–water partition coefficient (Wildman–Crippen LogP) is 3.62. The van der Waals surface area contributed by atoms with E-state index in [9.17, 15) is 4.79 Å². The molecule has 0 aliphatic rings. The van der Waals surface area contributed by atoms with Gasteiger partial charge in [-0.05, 0) is 53.3 Å². The Morgan fingerprint density at radius 2 is 2.08 bits per heavy atom. The van der Waals surface area contributed by atoms with Gasteiger partial charge in [0.05, 0.1) is 5.56 Å². The topological polar surface area (TPSA) is 59.8 Å². The van der Waals surface area contributed by atoms with Gasteiger partial charge in [-0.15, -0.1) is 10.2 Å². The number of benzene rings is 1. The first-order valence-corrected chi connectivity index (χ1v) is 10.3. The number of aryl methyl sites for hydroxylation is 1. The summed E-state index contributed by atoms with van der Waals surface area (Å²) in [6, 6.07) is 7.60. The summed E-state index contributed by atoms with van der Waals surface area (Å²) in [4.78, 5) is 12.2. The van der Waals surface area contributed by atoms with E-state index in [0.717, 1.165) is 39.5 Å². The third-order valence-electron chi connectivity index (χ3n) is 3.50. The first kappa shape index (κ1) is 19.2. The van der Waals surface area contributed by atoms with Crippen molar-refractivity contribution in [1.82, 2.24) is 20.1 Å². The minimum Gasteiger partial charge on any atom is -0.352 e. The van der Waals surface area contributed by atoms with Gasteiger partial charge in [0.25, 0.3) is 5.91 Å². The molecule has 0 unspecified atom stereocenters. The molecule has 130 valence electrons. The zero-order chi connectivity index (χ0) is 17.5. The van der Waals surface area contributed by atoms with Crippen molar-refractivity contribution in [2.24, 2.45) is 5.92 Å². The highest BCUT2D eigenvalue weighted by Gasteiger charge is 2.13. The fraction of sp³-hybridized carbons (Fsp3) is 0.471. The van der Waals surface area contributed by atoms with Crippen LogP contribution in [-0.2, 0) is 13.0 Å². The van der Waals surface area contributed by atoms with Gasteiger partial charge in [-0.2, -0.15) is 0 Å². The maximum atomic E-state index is 12.2. The zero-order valence-corrected chi connectivity index (χ0v) is 17.2. The van der Waals surface area contributed by atoms with Gasteiger partial charge in [-0.1, -0.05) is 37.7 Å². The Morgan fingerprint density at radius 1 is 1.33 bits per heavy atom. The van der Waals surface area contributed by atoms with Gasteiger partial charge < -0.3 is 9.88 Å². The summed E-state index contributed by atoms with van der Waals surface area (Å²) in [7, 11) is 0. The van der Waals surface area contributed by atoms with Crippen LogP contribution in [0.5, 0.6) is 0 Å². The average molecular weight is 458 g/mol. The average Bonchev–Trinajstić information content (AvgIpc) is 2.93. The summed E-state index contributed by atoms with van der Waals surface area (Å²) in [6.45, 7) is 5.94. The van der Waals surface area contributed by atoms with Crippen molar-refractivity contribution in [3.05, 3.63) is 39.2 Å². The Balaban J connectivity index is 1.87. The number of hydrogen-bond donors (Lipinski definition) is 1. The number of carbonyl (C=O) groups excluding carboxylic acids is 1. The van der Waals surface area contributed by atoms with Crippen LogP contribution in [0.15, 0.2) is 29.4 Å². The van der Waals surface area contributed by atoms with E-state index in [1.54, 1.807) is 11.8 Å². The van der Waals surface area contributed by atoms with Gasteiger partial charge in [0.1, 0.15) is 5.82 Å². The Kier molecular flexibility index (Phi) is 7.54. The Bertz CT molecular complexity index is 687. The molecule has 24 heavy (non-hydrogen) atoms. The van der Waals surface area contributed by atoms with Gasteiger partial charge in [0.15, 0.2) is 5.16 Å². The lowest BCUT2D eigenvalue weighted by Crippen LogP contribution is -2.25. The highest BCUT2D eigenvalue weighted by molar-refractivity contribution is 14.1. The summed E-state index contributed by atoms with van der Waals surface area (Å²) in [5.74, 6) is 1.52. The first-order valence-electron chi connectivity index (χ1n) is 8.01. The van der Waals surface area contributed by atoms with Crippen molar-refractivity contribution in [2.75, 3.05) is 12.8 Å². The molecule has 0 aliphatic heterocycles. The Labute approximate surface area is 161 Å². The zero-order valence-electron chi connectivity index (χ0n) is 14.3.